The number of carbonyl (C=O) groups is 1. The third-order valence-electron chi connectivity index (χ3n) is 3.35. The van der Waals surface area contributed by atoms with Crippen molar-refractivity contribution in [2.45, 2.75) is 59.0 Å². The van der Waals surface area contributed by atoms with Gasteiger partial charge in [0.15, 0.2) is 0 Å². The Labute approximate surface area is 106 Å². The summed E-state index contributed by atoms with van der Waals surface area (Å²) >= 11 is 0. The molecule has 17 heavy (non-hydrogen) atoms. The largest absolute Gasteiger partial charge is 0.376 e. The minimum absolute atomic E-state index is 0.136. The molecule has 1 unspecified atom stereocenters. The molecule has 1 rings (SSSR count). The van der Waals surface area contributed by atoms with Gasteiger partial charge in [0.2, 0.25) is 5.91 Å². The summed E-state index contributed by atoms with van der Waals surface area (Å²) in [7, 11) is 0. The second-order valence-corrected chi connectivity index (χ2v) is 5.62. The van der Waals surface area contributed by atoms with Crippen molar-refractivity contribution in [3.8, 4) is 0 Å². The number of nitrogens with zero attached hydrogens (tertiary/aromatic N) is 1. The van der Waals surface area contributed by atoms with Crippen LogP contribution in [-0.2, 0) is 9.53 Å². The van der Waals surface area contributed by atoms with Crippen molar-refractivity contribution >= 4 is 5.91 Å². The molecule has 1 atom stereocenters. The van der Waals surface area contributed by atoms with Gasteiger partial charge in [-0.05, 0) is 39.5 Å². The van der Waals surface area contributed by atoms with Crippen molar-refractivity contribution in [3.05, 3.63) is 0 Å². The van der Waals surface area contributed by atoms with Crippen LogP contribution in [0.1, 0.15) is 53.4 Å². The number of ether oxygens (including phenoxy) is 1. The van der Waals surface area contributed by atoms with Crippen molar-refractivity contribution in [1.82, 2.24) is 4.90 Å². The van der Waals surface area contributed by atoms with Crippen LogP contribution in [0, 0.1) is 5.92 Å². The van der Waals surface area contributed by atoms with Crippen molar-refractivity contribution < 1.29 is 9.53 Å². The van der Waals surface area contributed by atoms with Crippen LogP contribution < -0.4 is 0 Å². The first-order valence-electron chi connectivity index (χ1n) is 6.93. The molecule has 1 heterocycles. The highest BCUT2D eigenvalue weighted by Gasteiger charge is 2.34. The Morgan fingerprint density at radius 3 is 2.35 bits per heavy atom. The number of hydrogen-bond donors (Lipinski definition) is 0. The first-order valence-corrected chi connectivity index (χ1v) is 6.93. The van der Waals surface area contributed by atoms with Crippen LogP contribution >= 0.6 is 0 Å². The van der Waals surface area contributed by atoms with Crippen molar-refractivity contribution in [2.24, 2.45) is 5.92 Å². The average Bonchev–Trinajstić information content (AvgIpc) is 2.26. The quantitative estimate of drug-likeness (QED) is 0.740. The fraction of sp³-hybridized carbons (Fsp3) is 0.929. The van der Waals surface area contributed by atoms with Gasteiger partial charge in [0.1, 0.15) is 0 Å². The molecule has 3 nitrogen and oxygen atoms in total. The molecule has 0 radical (unpaired) electrons. The predicted molar refractivity (Wildman–Crippen MR) is 69.9 cm³/mol. The van der Waals surface area contributed by atoms with Crippen LogP contribution in [0.15, 0.2) is 0 Å². The molecule has 100 valence electrons. The smallest absolute Gasteiger partial charge is 0.225 e. The molecule has 0 aromatic heterocycles. The molecule has 0 saturated carbocycles. The van der Waals surface area contributed by atoms with Crippen molar-refractivity contribution in [1.29, 1.82) is 0 Å². The number of hydrogen-bond acceptors (Lipinski definition) is 2. The first-order chi connectivity index (χ1) is 8.00. The van der Waals surface area contributed by atoms with Crippen LogP contribution in [0.5, 0.6) is 0 Å². The Balaban J connectivity index is 2.59. The van der Waals surface area contributed by atoms with E-state index in [1.807, 2.05) is 4.90 Å². The predicted octanol–water partition coefficient (Wildman–Crippen LogP) is 2.84. The summed E-state index contributed by atoms with van der Waals surface area (Å²) in [6.45, 7) is 10.9. The SMILES string of the molecule is CCCN(CCC)C(=O)C1CCOC(C)(C)C1. The Hall–Kier alpha value is -0.570. The third kappa shape index (κ3) is 4.30. The summed E-state index contributed by atoms with van der Waals surface area (Å²) in [5.74, 6) is 0.502. The summed E-state index contributed by atoms with van der Waals surface area (Å²) in [4.78, 5) is 14.5. The van der Waals surface area contributed by atoms with Gasteiger partial charge in [-0.15, -0.1) is 0 Å². The van der Waals surface area contributed by atoms with Crippen LogP contribution in [0.4, 0.5) is 0 Å². The van der Waals surface area contributed by atoms with Gasteiger partial charge in [0, 0.05) is 25.6 Å². The molecule has 1 aliphatic rings. The van der Waals surface area contributed by atoms with E-state index in [4.69, 9.17) is 4.74 Å². The van der Waals surface area contributed by atoms with Gasteiger partial charge >= 0.3 is 0 Å². The van der Waals surface area contributed by atoms with E-state index in [9.17, 15) is 4.79 Å². The molecule has 0 aromatic rings. The van der Waals surface area contributed by atoms with Gasteiger partial charge in [-0.1, -0.05) is 13.8 Å². The topological polar surface area (TPSA) is 29.5 Å². The molecule has 0 bridgehead atoms. The normalized spacial score (nSPS) is 23.4. The molecule has 0 spiro atoms. The molecule has 1 saturated heterocycles. The van der Waals surface area contributed by atoms with E-state index in [1.54, 1.807) is 0 Å². The van der Waals surface area contributed by atoms with E-state index in [2.05, 4.69) is 27.7 Å². The van der Waals surface area contributed by atoms with Gasteiger partial charge in [0.05, 0.1) is 5.60 Å². The fourth-order valence-electron chi connectivity index (χ4n) is 2.57. The maximum absolute atomic E-state index is 12.4. The molecule has 1 fully saturated rings. The molecular formula is C14H27NO2. The average molecular weight is 241 g/mol. The van der Waals surface area contributed by atoms with E-state index in [-0.39, 0.29) is 11.5 Å². The van der Waals surface area contributed by atoms with Gasteiger partial charge < -0.3 is 9.64 Å². The third-order valence-corrected chi connectivity index (χ3v) is 3.35. The lowest BCUT2D eigenvalue weighted by Gasteiger charge is -2.37. The minimum Gasteiger partial charge on any atom is -0.376 e. The number of carbonyl (C=O) groups excluding carboxylic acids is 1. The monoisotopic (exact) mass is 241 g/mol. The van der Waals surface area contributed by atoms with Crippen LogP contribution in [0.3, 0.4) is 0 Å². The van der Waals surface area contributed by atoms with Gasteiger partial charge in [-0.2, -0.15) is 0 Å². The lowest BCUT2D eigenvalue weighted by atomic mass is 9.87. The second-order valence-electron chi connectivity index (χ2n) is 5.62. The van der Waals surface area contributed by atoms with Crippen LogP contribution in [-0.4, -0.2) is 36.1 Å². The van der Waals surface area contributed by atoms with Crippen molar-refractivity contribution in [3.63, 3.8) is 0 Å². The van der Waals surface area contributed by atoms with Gasteiger partial charge in [-0.3, -0.25) is 4.79 Å². The molecule has 1 amide bonds. The van der Waals surface area contributed by atoms with E-state index in [0.29, 0.717) is 5.91 Å². The zero-order valence-electron chi connectivity index (χ0n) is 11.8. The lowest BCUT2D eigenvalue weighted by Crippen LogP contribution is -2.44. The summed E-state index contributed by atoms with van der Waals surface area (Å²) in [6.07, 6.45) is 3.82. The number of rotatable bonds is 5. The van der Waals surface area contributed by atoms with Crippen LogP contribution in [0.2, 0.25) is 0 Å². The maximum atomic E-state index is 12.4. The van der Waals surface area contributed by atoms with E-state index in [1.165, 1.54) is 0 Å². The number of amides is 1. The highest BCUT2D eigenvalue weighted by atomic mass is 16.5. The van der Waals surface area contributed by atoms with E-state index < -0.39 is 0 Å². The van der Waals surface area contributed by atoms with Crippen LogP contribution in [0.25, 0.3) is 0 Å². The van der Waals surface area contributed by atoms with E-state index >= 15 is 0 Å². The Kier molecular flexibility index (Phi) is 5.44. The Morgan fingerprint density at radius 1 is 1.29 bits per heavy atom. The minimum atomic E-state index is -0.136. The fourth-order valence-corrected chi connectivity index (χ4v) is 2.57. The lowest BCUT2D eigenvalue weighted by molar-refractivity contribution is -0.145. The Bertz CT molecular complexity index is 245. The molecule has 3 heteroatoms. The van der Waals surface area contributed by atoms with Gasteiger partial charge in [-0.25, -0.2) is 0 Å². The van der Waals surface area contributed by atoms with Gasteiger partial charge in [0.25, 0.3) is 0 Å². The molecule has 0 aliphatic carbocycles. The molecular weight excluding hydrogens is 214 g/mol. The molecule has 1 aliphatic heterocycles. The summed E-state index contributed by atoms with van der Waals surface area (Å²) in [6, 6.07) is 0. The zero-order valence-corrected chi connectivity index (χ0v) is 11.8. The van der Waals surface area contributed by atoms with E-state index in [0.717, 1.165) is 45.4 Å². The first kappa shape index (κ1) is 14.5. The van der Waals surface area contributed by atoms with Crippen molar-refractivity contribution in [2.75, 3.05) is 19.7 Å². The standard InChI is InChI=1S/C14H27NO2/c1-5-8-15(9-6-2)13(16)12-7-10-17-14(3,4)11-12/h12H,5-11H2,1-4H3. The second kappa shape index (κ2) is 6.39. The molecule has 0 aromatic carbocycles. The summed E-state index contributed by atoms with van der Waals surface area (Å²) in [5.41, 5.74) is -0.136. The summed E-state index contributed by atoms with van der Waals surface area (Å²) < 4.78 is 5.67. The highest BCUT2D eigenvalue weighted by Crippen LogP contribution is 2.29. The maximum Gasteiger partial charge on any atom is 0.225 e. The Morgan fingerprint density at radius 2 is 1.88 bits per heavy atom. The summed E-state index contributed by atoms with van der Waals surface area (Å²) in [5, 5.41) is 0. The highest BCUT2D eigenvalue weighted by molar-refractivity contribution is 5.79. The molecule has 0 N–H and O–H groups in total. The zero-order chi connectivity index (χ0) is 12.9.